The van der Waals surface area contributed by atoms with E-state index in [4.69, 9.17) is 0 Å². The third-order valence-corrected chi connectivity index (χ3v) is 4.80. The number of anilines is 2. The van der Waals surface area contributed by atoms with Crippen molar-refractivity contribution in [3.63, 3.8) is 0 Å². The topological polar surface area (TPSA) is 99.7 Å². The summed E-state index contributed by atoms with van der Waals surface area (Å²) in [6.07, 6.45) is 4.15. The highest BCUT2D eigenvalue weighted by Gasteiger charge is 2.44. The summed E-state index contributed by atoms with van der Waals surface area (Å²) in [6, 6.07) is 9.19. The molecule has 1 atom stereocenters. The largest absolute Gasteiger partial charge is 0.326 e. The van der Waals surface area contributed by atoms with Gasteiger partial charge in [-0.3, -0.25) is 24.2 Å². The molecule has 1 saturated heterocycles. The number of carbonyl (C=O) groups is 4. The SMILES string of the molecule is CCCC(=O)N(Cc1cccnc1)C1CC(=O)N(c2ccc(NC(C)=O)cc2)C1=O. The molecule has 1 N–H and O–H groups in total. The summed E-state index contributed by atoms with van der Waals surface area (Å²) in [7, 11) is 0. The van der Waals surface area contributed by atoms with Crippen LogP contribution in [0.4, 0.5) is 11.4 Å². The third kappa shape index (κ3) is 4.71. The van der Waals surface area contributed by atoms with Gasteiger partial charge in [0, 0.05) is 38.0 Å². The normalized spacial score (nSPS) is 15.9. The number of pyridine rings is 1. The zero-order chi connectivity index (χ0) is 21.7. The Hall–Kier alpha value is -3.55. The molecule has 8 heteroatoms. The minimum Gasteiger partial charge on any atom is -0.326 e. The van der Waals surface area contributed by atoms with Crippen molar-refractivity contribution in [1.82, 2.24) is 9.88 Å². The Morgan fingerprint density at radius 1 is 1.20 bits per heavy atom. The minimum atomic E-state index is -0.855. The monoisotopic (exact) mass is 408 g/mol. The predicted octanol–water partition coefficient (Wildman–Crippen LogP) is 2.50. The Kier molecular flexibility index (Phi) is 6.56. The summed E-state index contributed by atoms with van der Waals surface area (Å²) in [5.74, 6) is -1.18. The molecule has 0 bridgehead atoms. The van der Waals surface area contributed by atoms with Crippen molar-refractivity contribution in [2.75, 3.05) is 10.2 Å². The van der Waals surface area contributed by atoms with Crippen LogP contribution in [0.2, 0.25) is 0 Å². The van der Waals surface area contributed by atoms with E-state index in [1.807, 2.05) is 13.0 Å². The number of hydrogen-bond acceptors (Lipinski definition) is 5. The average molecular weight is 408 g/mol. The first-order chi connectivity index (χ1) is 14.4. The highest BCUT2D eigenvalue weighted by Crippen LogP contribution is 2.28. The molecule has 2 heterocycles. The highest BCUT2D eigenvalue weighted by molar-refractivity contribution is 6.23. The molecule has 156 valence electrons. The Bertz CT molecular complexity index is 943. The van der Waals surface area contributed by atoms with Crippen LogP contribution in [0.1, 0.15) is 38.7 Å². The van der Waals surface area contributed by atoms with E-state index in [2.05, 4.69) is 10.3 Å². The molecule has 0 spiro atoms. The molecule has 0 aliphatic carbocycles. The zero-order valence-electron chi connectivity index (χ0n) is 17.0. The minimum absolute atomic E-state index is 0.0675. The molecule has 1 aromatic heterocycles. The van der Waals surface area contributed by atoms with Gasteiger partial charge < -0.3 is 10.2 Å². The van der Waals surface area contributed by atoms with Gasteiger partial charge in [0.05, 0.1) is 12.1 Å². The molecule has 0 saturated carbocycles. The molecule has 4 amide bonds. The van der Waals surface area contributed by atoms with Crippen LogP contribution >= 0.6 is 0 Å². The number of imide groups is 1. The lowest BCUT2D eigenvalue weighted by Crippen LogP contribution is -2.45. The number of carbonyl (C=O) groups excluding carboxylic acids is 4. The average Bonchev–Trinajstić information content (AvgIpc) is 3.01. The van der Waals surface area contributed by atoms with Crippen molar-refractivity contribution in [3.05, 3.63) is 54.4 Å². The number of rotatable bonds is 7. The van der Waals surface area contributed by atoms with Crippen LogP contribution in [-0.4, -0.2) is 39.6 Å². The molecule has 1 unspecified atom stereocenters. The van der Waals surface area contributed by atoms with Crippen LogP contribution in [-0.2, 0) is 25.7 Å². The summed E-state index contributed by atoms with van der Waals surface area (Å²) in [6.45, 7) is 3.51. The molecule has 2 aromatic rings. The number of amides is 4. The molecule has 1 aromatic carbocycles. The van der Waals surface area contributed by atoms with Crippen LogP contribution in [0.5, 0.6) is 0 Å². The van der Waals surface area contributed by atoms with Gasteiger partial charge >= 0.3 is 0 Å². The van der Waals surface area contributed by atoms with Gasteiger partial charge in [-0.05, 0) is 42.3 Å². The smallest absolute Gasteiger partial charge is 0.257 e. The molecule has 1 aliphatic rings. The van der Waals surface area contributed by atoms with Crippen LogP contribution in [0.25, 0.3) is 0 Å². The van der Waals surface area contributed by atoms with E-state index in [1.54, 1.807) is 42.7 Å². The van der Waals surface area contributed by atoms with Gasteiger partial charge in [0.1, 0.15) is 6.04 Å². The molecule has 3 rings (SSSR count). The maximum Gasteiger partial charge on any atom is 0.257 e. The molecular formula is C22H24N4O4. The summed E-state index contributed by atoms with van der Waals surface area (Å²) in [5.41, 5.74) is 1.77. The lowest BCUT2D eigenvalue weighted by molar-refractivity contribution is -0.139. The Balaban J connectivity index is 1.84. The summed E-state index contributed by atoms with van der Waals surface area (Å²) >= 11 is 0. The van der Waals surface area contributed by atoms with Crippen LogP contribution in [0, 0.1) is 0 Å². The van der Waals surface area contributed by atoms with Gasteiger partial charge in [0.2, 0.25) is 17.7 Å². The fraction of sp³-hybridized carbons (Fsp3) is 0.318. The molecular weight excluding hydrogens is 384 g/mol. The third-order valence-electron chi connectivity index (χ3n) is 4.80. The van der Waals surface area contributed by atoms with Gasteiger partial charge in [0.25, 0.3) is 5.91 Å². The quantitative estimate of drug-likeness (QED) is 0.710. The maximum absolute atomic E-state index is 13.1. The summed E-state index contributed by atoms with van der Waals surface area (Å²) in [4.78, 5) is 56.4. The van der Waals surface area contributed by atoms with Gasteiger partial charge in [-0.1, -0.05) is 13.0 Å². The first-order valence-electron chi connectivity index (χ1n) is 9.83. The Labute approximate surface area is 174 Å². The first-order valence-corrected chi connectivity index (χ1v) is 9.83. The van der Waals surface area contributed by atoms with Crippen molar-refractivity contribution in [2.45, 2.75) is 45.7 Å². The second kappa shape index (κ2) is 9.30. The van der Waals surface area contributed by atoms with E-state index in [-0.39, 0.29) is 30.7 Å². The van der Waals surface area contributed by atoms with Crippen molar-refractivity contribution in [3.8, 4) is 0 Å². The lowest BCUT2D eigenvalue weighted by Gasteiger charge is -2.27. The molecule has 0 radical (unpaired) electrons. The standard InChI is InChI=1S/C22H24N4O4/c1-3-5-20(28)25(14-16-6-4-11-23-13-16)19-12-21(29)26(22(19)30)18-9-7-17(8-10-18)24-15(2)27/h4,6-11,13,19H,3,5,12,14H2,1-2H3,(H,24,27). The van der Waals surface area contributed by atoms with E-state index >= 15 is 0 Å². The molecule has 8 nitrogen and oxygen atoms in total. The van der Waals surface area contributed by atoms with E-state index in [9.17, 15) is 19.2 Å². The van der Waals surface area contributed by atoms with Crippen LogP contribution in [0.3, 0.4) is 0 Å². The van der Waals surface area contributed by atoms with Crippen molar-refractivity contribution in [1.29, 1.82) is 0 Å². The fourth-order valence-electron chi connectivity index (χ4n) is 3.45. The maximum atomic E-state index is 13.1. The van der Waals surface area contributed by atoms with Gasteiger partial charge in [-0.15, -0.1) is 0 Å². The van der Waals surface area contributed by atoms with E-state index in [0.29, 0.717) is 24.2 Å². The lowest BCUT2D eigenvalue weighted by atomic mass is 10.1. The first kappa shape index (κ1) is 21.2. The van der Waals surface area contributed by atoms with Gasteiger partial charge in [-0.25, -0.2) is 4.90 Å². The predicted molar refractivity (Wildman–Crippen MR) is 111 cm³/mol. The van der Waals surface area contributed by atoms with Crippen molar-refractivity contribution < 1.29 is 19.2 Å². The number of benzene rings is 1. The van der Waals surface area contributed by atoms with E-state index in [0.717, 1.165) is 10.5 Å². The second-order valence-electron chi connectivity index (χ2n) is 7.15. The number of aromatic nitrogens is 1. The number of hydrogen-bond donors (Lipinski definition) is 1. The second-order valence-corrected chi connectivity index (χ2v) is 7.15. The highest BCUT2D eigenvalue weighted by atomic mass is 16.2. The van der Waals surface area contributed by atoms with Gasteiger partial charge in [-0.2, -0.15) is 0 Å². The fourth-order valence-corrected chi connectivity index (χ4v) is 3.45. The summed E-state index contributed by atoms with van der Waals surface area (Å²) in [5, 5.41) is 2.64. The molecule has 30 heavy (non-hydrogen) atoms. The van der Waals surface area contributed by atoms with Crippen molar-refractivity contribution in [2.24, 2.45) is 0 Å². The number of nitrogens with zero attached hydrogens (tertiary/aromatic N) is 3. The van der Waals surface area contributed by atoms with Crippen LogP contribution in [0.15, 0.2) is 48.8 Å². The van der Waals surface area contributed by atoms with Crippen LogP contribution < -0.4 is 10.2 Å². The molecule has 1 fully saturated rings. The Morgan fingerprint density at radius 3 is 2.53 bits per heavy atom. The number of nitrogens with one attached hydrogen (secondary N) is 1. The van der Waals surface area contributed by atoms with E-state index < -0.39 is 11.9 Å². The van der Waals surface area contributed by atoms with Gasteiger partial charge in [0.15, 0.2) is 0 Å². The Morgan fingerprint density at radius 2 is 1.93 bits per heavy atom. The van der Waals surface area contributed by atoms with Crippen molar-refractivity contribution >= 4 is 35.0 Å². The van der Waals surface area contributed by atoms with E-state index in [1.165, 1.54) is 11.8 Å². The zero-order valence-corrected chi connectivity index (χ0v) is 17.0. The molecule has 1 aliphatic heterocycles. The summed E-state index contributed by atoms with van der Waals surface area (Å²) < 4.78 is 0.